The number of nitrogens with zero attached hydrogens (tertiary/aromatic N) is 12. The second kappa shape index (κ2) is 18.6. The van der Waals surface area contributed by atoms with Crippen molar-refractivity contribution in [3.05, 3.63) is 90.3 Å². The van der Waals surface area contributed by atoms with Gasteiger partial charge in [0, 0.05) is 63.4 Å². The molecule has 0 heterocycles. The van der Waals surface area contributed by atoms with Crippen molar-refractivity contribution in [2.45, 2.75) is 105 Å². The molecule has 0 fully saturated rings. The molecule has 13 heteroatoms. The molecule has 3 aliphatic carbocycles. The van der Waals surface area contributed by atoms with E-state index in [0.29, 0.717) is 109 Å². The minimum Gasteiger partial charge on any atom is -0.390 e. The molecule has 59 heavy (non-hydrogen) atoms. The highest BCUT2D eigenvalue weighted by Gasteiger charge is 2.39. The molecule has 0 radical (unpaired) electrons. The summed E-state index contributed by atoms with van der Waals surface area (Å²) in [5.74, 6) is 0. The molecule has 0 amide bonds. The van der Waals surface area contributed by atoms with E-state index in [0.717, 1.165) is 0 Å². The zero-order chi connectivity index (χ0) is 44.5. The number of aliphatic hydroxyl groups is 1. The lowest BCUT2D eigenvalue weighted by atomic mass is 9.72. The highest BCUT2D eigenvalue weighted by molar-refractivity contribution is 5.58. The van der Waals surface area contributed by atoms with Gasteiger partial charge in [0.05, 0.1) is 59.7 Å². The fraction of sp³-hybridized carbons (Fsp3) is 0.543. The fourth-order valence-electron chi connectivity index (χ4n) is 8.41. The van der Waals surface area contributed by atoms with Gasteiger partial charge in [-0.05, 0) is 85.2 Å². The van der Waals surface area contributed by atoms with E-state index in [1.165, 1.54) is 0 Å². The van der Waals surface area contributed by atoms with Crippen molar-refractivity contribution in [3.63, 3.8) is 0 Å². The van der Waals surface area contributed by atoms with E-state index < -0.39 is 5.60 Å². The van der Waals surface area contributed by atoms with E-state index in [2.05, 4.69) is 27.9 Å². The third-order valence-corrected chi connectivity index (χ3v) is 11.7. The Balaban J connectivity index is 2.10. The molecule has 302 valence electrons. The number of allylic oxidation sites excluding steroid dienone is 12. The lowest BCUT2D eigenvalue weighted by Crippen LogP contribution is -2.41. The van der Waals surface area contributed by atoms with Crippen LogP contribution in [0.15, 0.2) is 67.5 Å². The molecular formula is C46H52N12O. The zero-order valence-corrected chi connectivity index (χ0v) is 35.8. The number of rotatable bonds is 12. The number of nitriles is 7. The summed E-state index contributed by atoms with van der Waals surface area (Å²) < 4.78 is 0. The Bertz CT molecular complexity index is 2030. The van der Waals surface area contributed by atoms with Crippen LogP contribution in [0.5, 0.6) is 0 Å². The largest absolute Gasteiger partial charge is 0.390 e. The van der Waals surface area contributed by atoms with E-state index in [1.807, 2.05) is 102 Å². The van der Waals surface area contributed by atoms with Crippen LogP contribution in [-0.2, 0) is 0 Å². The quantitative estimate of drug-likeness (QED) is 0.147. The van der Waals surface area contributed by atoms with Gasteiger partial charge in [-0.25, -0.2) is 20.2 Å². The Morgan fingerprint density at radius 2 is 0.831 bits per heavy atom. The van der Waals surface area contributed by atoms with Crippen LogP contribution in [0.4, 0.5) is 0 Å². The molecule has 3 rings (SSSR count). The molecule has 0 bridgehead atoms. The third-order valence-electron chi connectivity index (χ3n) is 11.7. The third kappa shape index (κ3) is 10.8. The van der Waals surface area contributed by atoms with Crippen LogP contribution in [-0.4, -0.2) is 66.2 Å². The second-order valence-electron chi connectivity index (χ2n) is 18.3. The summed E-state index contributed by atoms with van der Waals surface area (Å²) in [6, 6.07) is 14.6. The van der Waals surface area contributed by atoms with Gasteiger partial charge < -0.3 is 19.8 Å². The van der Waals surface area contributed by atoms with Gasteiger partial charge in [-0.3, -0.25) is 0 Å². The highest BCUT2D eigenvalue weighted by Crippen LogP contribution is 2.47. The maximum Gasteiger partial charge on any atom is 0.266 e. The van der Waals surface area contributed by atoms with Gasteiger partial charge in [-0.15, -0.1) is 0 Å². The van der Waals surface area contributed by atoms with E-state index in [1.54, 1.807) is 0 Å². The first kappa shape index (κ1) is 46.6. The molecular weight excluding hydrogens is 737 g/mol. The lowest BCUT2D eigenvalue weighted by molar-refractivity contribution is -0.00183. The molecule has 0 aromatic carbocycles. The van der Waals surface area contributed by atoms with Crippen LogP contribution in [0.1, 0.15) is 99.3 Å². The standard InChI is InChI=1S/C46H52N12O/c1-43(2)18-32(31(24-47)25-48)35(26-49)40(21-43)56(9)15-12-46(59,13-16-57(10)41-22-44(3,4)19-33(36(41)27-50)38(29-52)54-7)14-17-58(11)42-23-45(5,6)20-34(37(42)28-51)39(30-53)55-8/h59H,12-23H2,1-6,9-11H3/b38-33+,39-34+. The van der Waals surface area contributed by atoms with Crippen LogP contribution in [0.2, 0.25) is 0 Å². The number of hydrogen-bond donors (Lipinski definition) is 1. The van der Waals surface area contributed by atoms with Crippen LogP contribution in [0.25, 0.3) is 9.69 Å². The summed E-state index contributed by atoms with van der Waals surface area (Å²) in [5, 5.41) is 82.5. The molecule has 0 saturated carbocycles. The van der Waals surface area contributed by atoms with E-state index >= 15 is 0 Å². The van der Waals surface area contributed by atoms with Gasteiger partial charge in [-0.2, -0.15) is 26.3 Å². The summed E-state index contributed by atoms with van der Waals surface area (Å²) in [5.41, 5.74) is 1.51. The minimum atomic E-state index is -1.34. The Kier molecular flexibility index (Phi) is 14.7. The van der Waals surface area contributed by atoms with Crippen molar-refractivity contribution in [2.24, 2.45) is 16.2 Å². The summed E-state index contributed by atoms with van der Waals surface area (Å²) in [7, 11) is 5.51. The zero-order valence-electron chi connectivity index (χ0n) is 35.8. The van der Waals surface area contributed by atoms with Gasteiger partial charge in [0.25, 0.3) is 11.4 Å². The maximum absolute atomic E-state index is 12.7. The van der Waals surface area contributed by atoms with Crippen molar-refractivity contribution in [2.75, 3.05) is 40.8 Å². The van der Waals surface area contributed by atoms with Crippen LogP contribution < -0.4 is 0 Å². The minimum absolute atomic E-state index is 0.0933. The van der Waals surface area contributed by atoms with E-state index in [4.69, 9.17) is 13.1 Å². The molecule has 0 unspecified atom stereocenters. The average Bonchev–Trinajstić information content (AvgIpc) is 3.18. The maximum atomic E-state index is 12.7. The fourth-order valence-corrected chi connectivity index (χ4v) is 8.41. The first-order chi connectivity index (χ1) is 27.6. The van der Waals surface area contributed by atoms with Crippen molar-refractivity contribution in [1.29, 1.82) is 36.8 Å². The lowest BCUT2D eigenvalue weighted by Gasteiger charge is -2.41. The average molecular weight is 789 g/mol. The Hall–Kier alpha value is -6.79. The van der Waals surface area contributed by atoms with Gasteiger partial charge in [0.1, 0.15) is 23.8 Å². The van der Waals surface area contributed by atoms with Gasteiger partial charge >= 0.3 is 0 Å². The van der Waals surface area contributed by atoms with Gasteiger partial charge in [-0.1, -0.05) is 41.5 Å². The molecule has 0 atom stereocenters. The van der Waals surface area contributed by atoms with Gasteiger partial charge in [0.2, 0.25) is 0 Å². The summed E-state index contributed by atoms with van der Waals surface area (Å²) >= 11 is 0. The SMILES string of the molecule is [C-]#[N+]/C(C#N)=C1\CC(C)(C)CC(N(C)CCC(O)(CCN(C)C2=C(C#N)C(=C(C#N)C#N)CC(C)(C)C2)CCN(C)C2=C(C#N)/C(=C(\C#N)[N+]#[C-])CC(C)(C)C2)=C1C#N. The monoisotopic (exact) mass is 788 g/mol. The predicted molar refractivity (Wildman–Crippen MR) is 220 cm³/mol. The Morgan fingerprint density at radius 3 is 1.08 bits per heavy atom. The summed E-state index contributed by atoms with van der Waals surface area (Å²) in [4.78, 5) is 12.6. The van der Waals surface area contributed by atoms with Crippen molar-refractivity contribution < 1.29 is 5.11 Å². The second-order valence-corrected chi connectivity index (χ2v) is 18.3. The molecule has 0 aromatic rings. The molecule has 3 aliphatic rings. The first-order valence-corrected chi connectivity index (χ1v) is 19.4. The summed E-state index contributed by atoms with van der Waals surface area (Å²) in [6.45, 7) is 28.3. The normalized spacial score (nSPS) is 19.8. The molecule has 0 aromatic heterocycles. The van der Waals surface area contributed by atoms with E-state index in [9.17, 15) is 41.9 Å². The summed E-state index contributed by atoms with van der Waals surface area (Å²) in [6.07, 6.45) is 3.48. The first-order valence-electron chi connectivity index (χ1n) is 19.4. The molecule has 0 spiro atoms. The molecule has 0 saturated heterocycles. The topological polar surface area (TPSA) is 205 Å². The molecule has 1 N–H and O–H groups in total. The predicted octanol–water partition coefficient (Wildman–Crippen LogP) is 8.21. The Morgan fingerprint density at radius 1 is 0.542 bits per heavy atom. The van der Waals surface area contributed by atoms with Crippen molar-refractivity contribution in [1.82, 2.24) is 14.7 Å². The van der Waals surface area contributed by atoms with Gasteiger partial charge in [0.15, 0.2) is 0 Å². The highest BCUT2D eigenvalue weighted by atomic mass is 16.3. The van der Waals surface area contributed by atoms with Crippen LogP contribution in [0.3, 0.4) is 0 Å². The van der Waals surface area contributed by atoms with Crippen molar-refractivity contribution in [3.8, 4) is 42.5 Å². The van der Waals surface area contributed by atoms with Crippen molar-refractivity contribution >= 4 is 0 Å². The van der Waals surface area contributed by atoms with E-state index in [-0.39, 0.29) is 52.5 Å². The number of hydrogen-bond acceptors (Lipinski definition) is 11. The molecule has 0 aliphatic heterocycles. The van der Waals surface area contributed by atoms with Crippen LogP contribution in [0, 0.1) is 109 Å². The van der Waals surface area contributed by atoms with Crippen LogP contribution >= 0.6 is 0 Å². The smallest absolute Gasteiger partial charge is 0.266 e. The molecule has 13 nitrogen and oxygen atoms in total. The Labute approximate surface area is 350 Å².